The minimum absolute atomic E-state index is 0.283. The lowest BCUT2D eigenvalue weighted by atomic mass is 9.91. The van der Waals surface area contributed by atoms with E-state index in [1.165, 1.54) is 12.8 Å². The van der Waals surface area contributed by atoms with E-state index in [4.69, 9.17) is 10.4 Å². The van der Waals surface area contributed by atoms with Crippen LogP contribution in [0.2, 0.25) is 0 Å². The van der Waals surface area contributed by atoms with Gasteiger partial charge in [0.05, 0.1) is 6.07 Å². The predicted molar refractivity (Wildman–Crippen MR) is 93.1 cm³/mol. The van der Waals surface area contributed by atoms with Gasteiger partial charge in [-0.25, -0.2) is 0 Å². The number of carbonyl (C=O) groups is 1. The van der Waals surface area contributed by atoms with Crippen molar-refractivity contribution >= 4 is 5.97 Å². The highest BCUT2D eigenvalue weighted by atomic mass is 16.4. The first-order valence-corrected chi connectivity index (χ1v) is 9.39. The first-order valence-electron chi connectivity index (χ1n) is 9.39. The van der Waals surface area contributed by atoms with E-state index < -0.39 is 11.6 Å². The van der Waals surface area contributed by atoms with E-state index in [1.54, 1.807) is 0 Å². The summed E-state index contributed by atoms with van der Waals surface area (Å²) in [4.78, 5) is 10.4. The largest absolute Gasteiger partial charge is 0.481 e. The van der Waals surface area contributed by atoms with Crippen molar-refractivity contribution in [3.63, 3.8) is 0 Å². The molecule has 0 aliphatic carbocycles. The quantitative estimate of drug-likeness (QED) is 0.302. The lowest BCUT2D eigenvalue weighted by Crippen LogP contribution is -2.26. The van der Waals surface area contributed by atoms with E-state index in [0.29, 0.717) is 12.8 Å². The molecule has 1 atom stereocenters. The van der Waals surface area contributed by atoms with E-state index in [-0.39, 0.29) is 6.42 Å². The minimum atomic E-state index is -1.12. The lowest BCUT2D eigenvalue weighted by Gasteiger charge is -2.20. The molecule has 0 aromatic carbocycles. The van der Waals surface area contributed by atoms with Gasteiger partial charge >= 0.3 is 5.97 Å². The number of hydrogen-bond donors (Lipinski definition) is 2. The number of carboxylic acids is 1. The average molecular weight is 325 g/mol. The van der Waals surface area contributed by atoms with Crippen molar-refractivity contribution < 1.29 is 15.0 Å². The fourth-order valence-electron chi connectivity index (χ4n) is 2.84. The van der Waals surface area contributed by atoms with Crippen molar-refractivity contribution in [1.29, 1.82) is 5.26 Å². The molecule has 23 heavy (non-hydrogen) atoms. The average Bonchev–Trinajstić information content (AvgIpc) is 2.53. The number of hydrogen-bond acceptors (Lipinski definition) is 3. The number of aliphatic hydroxyl groups is 1. The zero-order valence-electron chi connectivity index (χ0n) is 14.9. The van der Waals surface area contributed by atoms with Crippen molar-refractivity contribution in [2.75, 3.05) is 0 Å². The zero-order valence-corrected chi connectivity index (χ0v) is 14.9. The van der Waals surface area contributed by atoms with Gasteiger partial charge in [0.2, 0.25) is 0 Å². The topological polar surface area (TPSA) is 81.3 Å². The first kappa shape index (κ1) is 21.9. The molecule has 0 aromatic heterocycles. The maximum atomic E-state index is 10.4. The van der Waals surface area contributed by atoms with E-state index in [0.717, 1.165) is 64.2 Å². The van der Waals surface area contributed by atoms with Crippen LogP contribution in [0.5, 0.6) is 0 Å². The van der Waals surface area contributed by atoms with Gasteiger partial charge in [-0.1, -0.05) is 64.7 Å². The SMILES string of the molecule is CCCCCCC(O)(C#N)CCCCCCCCCCC(=O)O. The zero-order chi connectivity index (χ0) is 17.4. The highest BCUT2D eigenvalue weighted by Crippen LogP contribution is 2.22. The maximum absolute atomic E-state index is 10.4. The normalized spacial score (nSPS) is 13.4. The molecule has 0 aromatic rings. The number of unbranched alkanes of at least 4 members (excludes halogenated alkanes) is 10. The summed E-state index contributed by atoms with van der Waals surface area (Å²) < 4.78 is 0. The van der Waals surface area contributed by atoms with E-state index in [9.17, 15) is 9.90 Å². The summed E-state index contributed by atoms with van der Waals surface area (Å²) in [6, 6.07) is 2.10. The van der Waals surface area contributed by atoms with Gasteiger partial charge in [-0.2, -0.15) is 5.26 Å². The van der Waals surface area contributed by atoms with Crippen LogP contribution in [-0.2, 0) is 4.79 Å². The van der Waals surface area contributed by atoms with Crippen molar-refractivity contribution in [3.05, 3.63) is 0 Å². The molecule has 1 unspecified atom stereocenters. The number of nitriles is 1. The number of carboxylic acid groups (broad SMARTS) is 1. The van der Waals surface area contributed by atoms with Crippen LogP contribution in [0.25, 0.3) is 0 Å². The van der Waals surface area contributed by atoms with Crippen LogP contribution >= 0.6 is 0 Å². The summed E-state index contributed by atoms with van der Waals surface area (Å²) in [5.41, 5.74) is -1.12. The van der Waals surface area contributed by atoms with Gasteiger partial charge in [0.15, 0.2) is 5.60 Å². The Bertz CT molecular complexity index is 338. The molecule has 0 amide bonds. The molecule has 0 radical (unpaired) electrons. The van der Waals surface area contributed by atoms with Crippen molar-refractivity contribution in [3.8, 4) is 6.07 Å². The van der Waals surface area contributed by atoms with E-state index in [1.807, 2.05) is 0 Å². The highest BCUT2D eigenvalue weighted by molar-refractivity contribution is 5.66. The molecule has 0 heterocycles. The van der Waals surface area contributed by atoms with E-state index >= 15 is 0 Å². The second-order valence-electron chi connectivity index (χ2n) is 6.68. The van der Waals surface area contributed by atoms with Crippen molar-refractivity contribution in [1.82, 2.24) is 0 Å². The Morgan fingerprint density at radius 2 is 1.30 bits per heavy atom. The monoisotopic (exact) mass is 325 g/mol. The fraction of sp³-hybridized carbons (Fsp3) is 0.895. The second-order valence-corrected chi connectivity index (χ2v) is 6.68. The molecule has 0 fully saturated rings. The first-order chi connectivity index (χ1) is 11.0. The third-order valence-electron chi connectivity index (χ3n) is 4.38. The fourth-order valence-corrected chi connectivity index (χ4v) is 2.84. The molecule has 4 nitrogen and oxygen atoms in total. The van der Waals surface area contributed by atoms with Crippen LogP contribution in [0.3, 0.4) is 0 Å². The third-order valence-corrected chi connectivity index (χ3v) is 4.38. The second kappa shape index (κ2) is 14.5. The molecule has 134 valence electrons. The van der Waals surface area contributed by atoms with Crippen LogP contribution in [-0.4, -0.2) is 21.8 Å². The Hall–Kier alpha value is -1.08. The van der Waals surface area contributed by atoms with Gasteiger partial charge in [-0.05, 0) is 32.1 Å². The molecule has 0 aliphatic rings. The van der Waals surface area contributed by atoms with Gasteiger partial charge in [-0.3, -0.25) is 4.79 Å². The van der Waals surface area contributed by atoms with Crippen molar-refractivity contribution in [2.45, 2.75) is 109 Å². The number of rotatable bonds is 16. The van der Waals surface area contributed by atoms with Gasteiger partial charge in [0, 0.05) is 6.42 Å². The van der Waals surface area contributed by atoms with Crippen LogP contribution in [0, 0.1) is 11.3 Å². The third kappa shape index (κ3) is 14.3. The molecule has 0 saturated heterocycles. The highest BCUT2D eigenvalue weighted by Gasteiger charge is 2.24. The Morgan fingerprint density at radius 1 is 0.870 bits per heavy atom. The van der Waals surface area contributed by atoms with Crippen LogP contribution in [0.1, 0.15) is 103 Å². The number of aliphatic carboxylic acids is 1. The van der Waals surface area contributed by atoms with Gasteiger partial charge < -0.3 is 10.2 Å². The molecule has 2 N–H and O–H groups in total. The molecule has 0 aliphatic heterocycles. The summed E-state index contributed by atoms with van der Waals surface area (Å²) in [6.07, 6.45) is 14.2. The predicted octanol–water partition coefficient (Wildman–Crippen LogP) is 5.20. The summed E-state index contributed by atoms with van der Waals surface area (Å²) in [5, 5.41) is 28.0. The summed E-state index contributed by atoms with van der Waals surface area (Å²) in [7, 11) is 0. The molecule has 0 bridgehead atoms. The summed E-state index contributed by atoms with van der Waals surface area (Å²) >= 11 is 0. The summed E-state index contributed by atoms with van der Waals surface area (Å²) in [5.74, 6) is -0.704. The number of nitrogens with zero attached hydrogens (tertiary/aromatic N) is 1. The smallest absolute Gasteiger partial charge is 0.303 e. The Kier molecular flexibility index (Phi) is 13.8. The summed E-state index contributed by atoms with van der Waals surface area (Å²) in [6.45, 7) is 2.16. The molecule has 4 heteroatoms. The van der Waals surface area contributed by atoms with Gasteiger partial charge in [-0.15, -0.1) is 0 Å². The maximum Gasteiger partial charge on any atom is 0.303 e. The van der Waals surface area contributed by atoms with Crippen LogP contribution in [0.15, 0.2) is 0 Å². The van der Waals surface area contributed by atoms with Gasteiger partial charge in [0.25, 0.3) is 0 Å². The molecule has 0 saturated carbocycles. The van der Waals surface area contributed by atoms with Crippen LogP contribution < -0.4 is 0 Å². The molecular weight excluding hydrogens is 290 g/mol. The van der Waals surface area contributed by atoms with Gasteiger partial charge in [0.1, 0.15) is 0 Å². The molecule has 0 rings (SSSR count). The molecular formula is C19H35NO3. The Labute approximate surface area is 141 Å². The van der Waals surface area contributed by atoms with E-state index in [2.05, 4.69) is 13.0 Å². The van der Waals surface area contributed by atoms with Crippen LogP contribution in [0.4, 0.5) is 0 Å². The Balaban J connectivity index is 3.50. The molecule has 0 spiro atoms. The Morgan fingerprint density at radius 3 is 1.74 bits per heavy atom. The minimum Gasteiger partial charge on any atom is -0.481 e. The van der Waals surface area contributed by atoms with Crippen molar-refractivity contribution in [2.24, 2.45) is 0 Å². The standard InChI is InChI=1S/C19H35NO3/c1-2-3-4-12-15-19(23,17-20)16-13-10-8-6-5-7-9-11-14-18(21)22/h23H,2-16H2,1H3,(H,21,22). The lowest BCUT2D eigenvalue weighted by molar-refractivity contribution is -0.137.